The van der Waals surface area contributed by atoms with Crippen molar-refractivity contribution in [3.63, 3.8) is 0 Å². The first-order chi connectivity index (χ1) is 8.56. The molecular weight excluding hydrogens is 272 g/mol. The van der Waals surface area contributed by atoms with Crippen LogP contribution < -0.4 is 4.74 Å². The molecule has 1 aromatic heterocycles. The molecular formula is C13H11ClO3S. The van der Waals surface area contributed by atoms with Gasteiger partial charge >= 0.3 is 5.97 Å². The number of hydrogen-bond donors (Lipinski definition) is 1. The van der Waals surface area contributed by atoms with Crippen molar-refractivity contribution in [3.8, 4) is 5.75 Å². The largest absolute Gasteiger partial charge is 0.487 e. The van der Waals surface area contributed by atoms with Crippen LogP contribution in [0.1, 0.15) is 20.8 Å². The van der Waals surface area contributed by atoms with Crippen LogP contribution in [0.4, 0.5) is 0 Å². The lowest BCUT2D eigenvalue weighted by molar-refractivity contribution is 0.0691. The monoisotopic (exact) mass is 282 g/mol. The molecule has 3 nitrogen and oxygen atoms in total. The van der Waals surface area contributed by atoms with Gasteiger partial charge in [0.05, 0.1) is 4.34 Å². The zero-order valence-corrected chi connectivity index (χ0v) is 11.2. The van der Waals surface area contributed by atoms with Gasteiger partial charge in [0, 0.05) is 4.88 Å². The fourth-order valence-electron chi connectivity index (χ4n) is 1.52. The van der Waals surface area contributed by atoms with Crippen molar-refractivity contribution in [2.45, 2.75) is 13.5 Å². The first-order valence-electron chi connectivity index (χ1n) is 5.27. The molecule has 0 atom stereocenters. The lowest BCUT2D eigenvalue weighted by Crippen LogP contribution is -2.03. The summed E-state index contributed by atoms with van der Waals surface area (Å²) in [6, 6.07) is 8.75. The molecule has 0 fully saturated rings. The van der Waals surface area contributed by atoms with Gasteiger partial charge in [-0.3, -0.25) is 0 Å². The normalized spacial score (nSPS) is 10.3. The molecule has 1 heterocycles. The molecule has 0 amide bonds. The summed E-state index contributed by atoms with van der Waals surface area (Å²) in [6.07, 6.45) is 0. The lowest BCUT2D eigenvalue weighted by Gasteiger charge is -2.08. The summed E-state index contributed by atoms with van der Waals surface area (Å²) >= 11 is 7.23. The number of carbonyl (C=O) groups is 1. The van der Waals surface area contributed by atoms with E-state index < -0.39 is 5.97 Å². The van der Waals surface area contributed by atoms with Crippen molar-refractivity contribution in [2.24, 2.45) is 0 Å². The van der Waals surface area contributed by atoms with Crippen molar-refractivity contribution in [3.05, 3.63) is 50.7 Å². The van der Waals surface area contributed by atoms with Gasteiger partial charge in [-0.05, 0) is 31.2 Å². The average molecular weight is 283 g/mol. The first kappa shape index (κ1) is 12.9. The second-order valence-electron chi connectivity index (χ2n) is 3.80. The van der Waals surface area contributed by atoms with Gasteiger partial charge in [-0.25, -0.2) is 4.79 Å². The van der Waals surface area contributed by atoms with Crippen molar-refractivity contribution < 1.29 is 14.6 Å². The number of carboxylic acid groups (broad SMARTS) is 1. The van der Waals surface area contributed by atoms with E-state index in [0.717, 1.165) is 10.4 Å². The number of hydrogen-bond acceptors (Lipinski definition) is 3. The molecule has 0 saturated heterocycles. The van der Waals surface area contributed by atoms with Gasteiger partial charge in [-0.1, -0.05) is 23.2 Å². The topological polar surface area (TPSA) is 46.5 Å². The second-order valence-corrected chi connectivity index (χ2v) is 5.60. The van der Waals surface area contributed by atoms with E-state index in [1.807, 2.05) is 19.1 Å². The van der Waals surface area contributed by atoms with E-state index in [9.17, 15) is 4.79 Å². The highest BCUT2D eigenvalue weighted by Crippen LogP contribution is 2.25. The fraction of sp³-hybridized carbons (Fsp3) is 0.154. The molecule has 0 aliphatic heterocycles. The highest BCUT2D eigenvalue weighted by atomic mass is 35.5. The van der Waals surface area contributed by atoms with E-state index in [1.54, 1.807) is 18.2 Å². The third kappa shape index (κ3) is 3.03. The Balaban J connectivity index is 2.16. The van der Waals surface area contributed by atoms with E-state index in [2.05, 4.69) is 0 Å². The Bertz CT molecular complexity index is 577. The Kier molecular flexibility index (Phi) is 3.89. The standard InChI is InChI=1S/C13H11ClO3S/c1-8-2-4-11(10(6-8)13(15)16)17-7-9-3-5-12(14)18-9/h2-6H,7H2,1H3,(H,15,16). The van der Waals surface area contributed by atoms with Crippen molar-refractivity contribution in [1.29, 1.82) is 0 Å². The molecule has 0 bridgehead atoms. The zero-order valence-electron chi connectivity index (χ0n) is 9.64. The molecule has 1 N–H and O–H groups in total. The third-order valence-electron chi connectivity index (χ3n) is 2.36. The first-order valence-corrected chi connectivity index (χ1v) is 6.46. The van der Waals surface area contributed by atoms with E-state index in [-0.39, 0.29) is 5.56 Å². The predicted octanol–water partition coefficient (Wildman–Crippen LogP) is 3.99. The Morgan fingerprint density at radius 1 is 1.39 bits per heavy atom. The van der Waals surface area contributed by atoms with Gasteiger partial charge in [0.15, 0.2) is 0 Å². The van der Waals surface area contributed by atoms with Crippen LogP contribution in [0.25, 0.3) is 0 Å². The molecule has 1 aromatic carbocycles. The van der Waals surface area contributed by atoms with Crippen LogP contribution in [0.3, 0.4) is 0 Å². The number of halogens is 1. The Hall–Kier alpha value is -1.52. The van der Waals surface area contributed by atoms with E-state index in [4.69, 9.17) is 21.4 Å². The van der Waals surface area contributed by atoms with Gasteiger partial charge in [-0.15, -0.1) is 11.3 Å². The summed E-state index contributed by atoms with van der Waals surface area (Å²) in [5, 5.41) is 9.09. The summed E-state index contributed by atoms with van der Waals surface area (Å²) < 4.78 is 6.21. The molecule has 2 rings (SSSR count). The number of thiophene rings is 1. The summed E-state index contributed by atoms with van der Waals surface area (Å²) in [6.45, 7) is 2.16. The van der Waals surface area contributed by atoms with Gasteiger partial charge in [0.25, 0.3) is 0 Å². The van der Waals surface area contributed by atoms with E-state index >= 15 is 0 Å². The molecule has 0 aliphatic rings. The number of aryl methyl sites for hydroxylation is 1. The summed E-state index contributed by atoms with van der Waals surface area (Å²) in [4.78, 5) is 12.0. The van der Waals surface area contributed by atoms with Gasteiger partial charge in [-0.2, -0.15) is 0 Å². The minimum Gasteiger partial charge on any atom is -0.487 e. The minimum atomic E-state index is -0.988. The van der Waals surface area contributed by atoms with Gasteiger partial charge in [0.1, 0.15) is 17.9 Å². The van der Waals surface area contributed by atoms with Crippen LogP contribution in [0, 0.1) is 6.92 Å². The zero-order chi connectivity index (χ0) is 13.1. The summed E-state index contributed by atoms with van der Waals surface area (Å²) in [7, 11) is 0. The quantitative estimate of drug-likeness (QED) is 0.922. The Labute approximate surface area is 114 Å². The van der Waals surface area contributed by atoms with Gasteiger partial charge < -0.3 is 9.84 Å². The molecule has 5 heteroatoms. The SMILES string of the molecule is Cc1ccc(OCc2ccc(Cl)s2)c(C(=O)O)c1. The summed E-state index contributed by atoms with van der Waals surface area (Å²) in [5.74, 6) is -0.615. The van der Waals surface area contributed by atoms with E-state index in [1.165, 1.54) is 11.3 Å². The average Bonchev–Trinajstić information content (AvgIpc) is 2.73. The number of benzene rings is 1. The van der Waals surface area contributed by atoms with Crippen molar-refractivity contribution in [2.75, 3.05) is 0 Å². The van der Waals surface area contributed by atoms with Crippen LogP contribution in [0.5, 0.6) is 5.75 Å². The molecule has 0 radical (unpaired) electrons. The van der Waals surface area contributed by atoms with Crippen LogP contribution in [-0.4, -0.2) is 11.1 Å². The highest BCUT2D eigenvalue weighted by molar-refractivity contribution is 7.16. The second kappa shape index (κ2) is 5.42. The van der Waals surface area contributed by atoms with Crippen molar-refractivity contribution >= 4 is 28.9 Å². The molecule has 0 aliphatic carbocycles. The maximum atomic E-state index is 11.1. The molecule has 0 spiro atoms. The minimum absolute atomic E-state index is 0.178. The van der Waals surface area contributed by atoms with Gasteiger partial charge in [0.2, 0.25) is 0 Å². The Morgan fingerprint density at radius 2 is 2.17 bits per heavy atom. The lowest BCUT2D eigenvalue weighted by atomic mass is 10.1. The highest BCUT2D eigenvalue weighted by Gasteiger charge is 2.11. The smallest absolute Gasteiger partial charge is 0.339 e. The Morgan fingerprint density at radius 3 is 2.78 bits per heavy atom. The van der Waals surface area contributed by atoms with Crippen molar-refractivity contribution in [1.82, 2.24) is 0 Å². The van der Waals surface area contributed by atoms with Crippen LogP contribution in [-0.2, 0) is 6.61 Å². The number of carboxylic acids is 1. The molecule has 0 unspecified atom stereocenters. The number of aromatic carboxylic acids is 1. The maximum absolute atomic E-state index is 11.1. The molecule has 2 aromatic rings. The van der Waals surface area contributed by atoms with Crippen LogP contribution in [0.2, 0.25) is 4.34 Å². The maximum Gasteiger partial charge on any atom is 0.339 e. The molecule has 94 valence electrons. The summed E-state index contributed by atoms with van der Waals surface area (Å²) in [5.41, 5.74) is 1.07. The number of ether oxygens (including phenoxy) is 1. The molecule has 0 saturated carbocycles. The van der Waals surface area contributed by atoms with E-state index in [0.29, 0.717) is 16.7 Å². The number of rotatable bonds is 4. The third-order valence-corrected chi connectivity index (χ3v) is 3.57. The van der Waals surface area contributed by atoms with Crippen LogP contribution in [0.15, 0.2) is 30.3 Å². The predicted molar refractivity (Wildman–Crippen MR) is 71.8 cm³/mol. The molecule has 18 heavy (non-hydrogen) atoms. The fourth-order valence-corrected chi connectivity index (χ4v) is 2.52. The van der Waals surface area contributed by atoms with Crippen LogP contribution >= 0.6 is 22.9 Å².